The summed E-state index contributed by atoms with van der Waals surface area (Å²) in [4.78, 5) is 10.2. The van der Waals surface area contributed by atoms with Gasteiger partial charge < -0.3 is 5.32 Å². The van der Waals surface area contributed by atoms with E-state index in [1.54, 1.807) is 24.3 Å². The van der Waals surface area contributed by atoms with E-state index in [1.165, 1.54) is 5.56 Å². The lowest BCUT2D eigenvalue weighted by atomic mass is 10.1. The number of hydrogen-bond donors (Lipinski definition) is 1. The highest BCUT2D eigenvalue weighted by Gasteiger charge is 2.05. The molecule has 0 heterocycles. The second-order valence-electron chi connectivity index (χ2n) is 5.23. The van der Waals surface area contributed by atoms with Crippen LogP contribution < -0.4 is 5.32 Å². The quantitative estimate of drug-likeness (QED) is 0.623. The fraction of sp³-hybridized carbons (Fsp3) is 0.294. The molecule has 110 valence electrons. The lowest BCUT2D eigenvalue weighted by Crippen LogP contribution is -2.25. The maximum atomic E-state index is 10.6. The van der Waals surface area contributed by atoms with Crippen molar-refractivity contribution in [1.29, 1.82) is 0 Å². The smallest absolute Gasteiger partial charge is 0.269 e. The third-order valence-electron chi connectivity index (χ3n) is 3.51. The van der Waals surface area contributed by atoms with Gasteiger partial charge in [-0.2, -0.15) is 0 Å². The van der Waals surface area contributed by atoms with Crippen LogP contribution in [0.25, 0.3) is 0 Å². The van der Waals surface area contributed by atoms with Gasteiger partial charge in [-0.05, 0) is 30.9 Å². The standard InChI is InChI=1S/C17H20N2O2/c1-14(7-8-15-5-3-2-4-6-15)18-13-16-9-11-17(12-10-16)19(20)21/h2-6,9-12,14,18H,7-8,13H2,1H3. The SMILES string of the molecule is CC(CCc1ccccc1)NCc1ccc([N+](=O)[O-])cc1. The molecule has 0 aliphatic carbocycles. The number of nitro groups is 1. The molecule has 0 fully saturated rings. The van der Waals surface area contributed by atoms with Crippen LogP contribution in [0.3, 0.4) is 0 Å². The summed E-state index contributed by atoms with van der Waals surface area (Å²) in [5.41, 5.74) is 2.55. The first-order valence-electron chi connectivity index (χ1n) is 7.16. The summed E-state index contributed by atoms with van der Waals surface area (Å²) in [7, 11) is 0. The highest BCUT2D eigenvalue weighted by atomic mass is 16.6. The van der Waals surface area contributed by atoms with Crippen LogP contribution in [0, 0.1) is 10.1 Å². The fourth-order valence-corrected chi connectivity index (χ4v) is 2.16. The minimum Gasteiger partial charge on any atom is -0.310 e. The normalized spacial score (nSPS) is 12.0. The van der Waals surface area contributed by atoms with Crippen molar-refractivity contribution in [3.8, 4) is 0 Å². The van der Waals surface area contributed by atoms with Gasteiger partial charge >= 0.3 is 0 Å². The van der Waals surface area contributed by atoms with Crippen molar-refractivity contribution < 1.29 is 4.92 Å². The third-order valence-corrected chi connectivity index (χ3v) is 3.51. The number of nitrogens with one attached hydrogen (secondary N) is 1. The molecule has 2 rings (SSSR count). The van der Waals surface area contributed by atoms with E-state index >= 15 is 0 Å². The van der Waals surface area contributed by atoms with E-state index < -0.39 is 0 Å². The lowest BCUT2D eigenvalue weighted by molar-refractivity contribution is -0.384. The molecule has 0 aliphatic rings. The Bertz CT molecular complexity index is 567. The van der Waals surface area contributed by atoms with Gasteiger partial charge in [-0.3, -0.25) is 10.1 Å². The first kappa shape index (κ1) is 15.2. The van der Waals surface area contributed by atoms with E-state index in [4.69, 9.17) is 0 Å². The van der Waals surface area contributed by atoms with E-state index in [1.807, 2.05) is 6.07 Å². The van der Waals surface area contributed by atoms with Gasteiger partial charge in [0, 0.05) is 24.7 Å². The van der Waals surface area contributed by atoms with Gasteiger partial charge in [0.05, 0.1) is 4.92 Å². The van der Waals surface area contributed by atoms with Gasteiger partial charge in [0.15, 0.2) is 0 Å². The predicted octanol–water partition coefficient (Wildman–Crippen LogP) is 3.71. The monoisotopic (exact) mass is 284 g/mol. The summed E-state index contributed by atoms with van der Waals surface area (Å²) < 4.78 is 0. The highest BCUT2D eigenvalue weighted by Crippen LogP contribution is 2.12. The Morgan fingerprint density at radius 1 is 1.05 bits per heavy atom. The van der Waals surface area contributed by atoms with E-state index in [0.29, 0.717) is 6.04 Å². The van der Waals surface area contributed by atoms with Gasteiger partial charge in [-0.1, -0.05) is 42.5 Å². The number of hydrogen-bond acceptors (Lipinski definition) is 3. The Morgan fingerprint density at radius 3 is 2.33 bits per heavy atom. The maximum absolute atomic E-state index is 10.6. The molecule has 2 aromatic carbocycles. The van der Waals surface area contributed by atoms with Crippen LogP contribution in [0.2, 0.25) is 0 Å². The number of aryl methyl sites for hydroxylation is 1. The second kappa shape index (κ2) is 7.55. The van der Waals surface area contributed by atoms with Crippen molar-refractivity contribution in [2.75, 3.05) is 0 Å². The molecule has 4 heteroatoms. The Morgan fingerprint density at radius 2 is 1.71 bits per heavy atom. The second-order valence-corrected chi connectivity index (χ2v) is 5.23. The fourth-order valence-electron chi connectivity index (χ4n) is 2.16. The van der Waals surface area contributed by atoms with E-state index in [9.17, 15) is 10.1 Å². The highest BCUT2D eigenvalue weighted by molar-refractivity contribution is 5.32. The van der Waals surface area contributed by atoms with Crippen LogP contribution in [0.5, 0.6) is 0 Å². The molecule has 0 saturated heterocycles. The van der Waals surface area contributed by atoms with Crippen LogP contribution in [-0.2, 0) is 13.0 Å². The van der Waals surface area contributed by atoms with Crippen molar-refractivity contribution in [3.05, 3.63) is 75.8 Å². The van der Waals surface area contributed by atoms with Crippen LogP contribution in [0.4, 0.5) is 5.69 Å². The van der Waals surface area contributed by atoms with Gasteiger partial charge in [0.25, 0.3) is 5.69 Å². The Hall–Kier alpha value is -2.20. The van der Waals surface area contributed by atoms with Gasteiger partial charge in [-0.15, -0.1) is 0 Å². The minimum atomic E-state index is -0.375. The number of nitrogens with zero attached hydrogens (tertiary/aromatic N) is 1. The van der Waals surface area contributed by atoms with Crippen LogP contribution in [0.1, 0.15) is 24.5 Å². The average molecular weight is 284 g/mol. The first-order valence-corrected chi connectivity index (χ1v) is 7.16. The summed E-state index contributed by atoms with van der Waals surface area (Å²) in [6, 6.07) is 17.5. The van der Waals surface area contributed by atoms with Crippen LogP contribution in [-0.4, -0.2) is 11.0 Å². The first-order chi connectivity index (χ1) is 10.1. The summed E-state index contributed by atoms with van der Waals surface area (Å²) in [5.74, 6) is 0. The van der Waals surface area contributed by atoms with E-state index in [-0.39, 0.29) is 10.6 Å². The molecule has 0 aliphatic heterocycles. The number of non-ortho nitro benzene ring substituents is 1. The zero-order chi connectivity index (χ0) is 15.1. The summed E-state index contributed by atoms with van der Waals surface area (Å²) >= 11 is 0. The molecule has 0 saturated carbocycles. The molecule has 21 heavy (non-hydrogen) atoms. The van der Waals surface area contributed by atoms with Crippen LogP contribution in [0.15, 0.2) is 54.6 Å². The Labute approximate surface area is 125 Å². The van der Waals surface area contributed by atoms with Crippen molar-refractivity contribution in [3.63, 3.8) is 0 Å². The van der Waals surface area contributed by atoms with Crippen molar-refractivity contribution in [2.45, 2.75) is 32.4 Å². The largest absolute Gasteiger partial charge is 0.310 e. The van der Waals surface area contributed by atoms with Gasteiger partial charge in [0.1, 0.15) is 0 Å². The van der Waals surface area contributed by atoms with E-state index in [0.717, 1.165) is 24.9 Å². The Balaban J connectivity index is 1.75. The number of benzene rings is 2. The predicted molar refractivity (Wildman–Crippen MR) is 84.2 cm³/mol. The molecular weight excluding hydrogens is 264 g/mol. The van der Waals surface area contributed by atoms with Crippen molar-refractivity contribution >= 4 is 5.69 Å². The number of nitro benzene ring substituents is 1. The molecule has 0 spiro atoms. The van der Waals surface area contributed by atoms with E-state index in [2.05, 4.69) is 36.5 Å². The van der Waals surface area contributed by atoms with Crippen molar-refractivity contribution in [1.82, 2.24) is 5.32 Å². The maximum Gasteiger partial charge on any atom is 0.269 e. The Kier molecular flexibility index (Phi) is 5.46. The lowest BCUT2D eigenvalue weighted by Gasteiger charge is -2.13. The summed E-state index contributed by atoms with van der Waals surface area (Å²) in [6.45, 7) is 2.89. The van der Waals surface area contributed by atoms with Crippen LogP contribution >= 0.6 is 0 Å². The molecule has 1 N–H and O–H groups in total. The molecular formula is C17H20N2O2. The third kappa shape index (κ3) is 5.00. The topological polar surface area (TPSA) is 55.2 Å². The zero-order valence-corrected chi connectivity index (χ0v) is 12.2. The molecule has 0 aromatic heterocycles. The van der Waals surface area contributed by atoms with Crippen molar-refractivity contribution in [2.24, 2.45) is 0 Å². The molecule has 2 aromatic rings. The zero-order valence-electron chi connectivity index (χ0n) is 12.2. The molecule has 0 bridgehead atoms. The molecule has 1 unspecified atom stereocenters. The molecule has 0 amide bonds. The molecule has 1 atom stereocenters. The van der Waals surface area contributed by atoms with Gasteiger partial charge in [0.2, 0.25) is 0 Å². The van der Waals surface area contributed by atoms with Gasteiger partial charge in [-0.25, -0.2) is 0 Å². The number of rotatable bonds is 7. The summed E-state index contributed by atoms with van der Waals surface area (Å²) in [5, 5.41) is 14.0. The minimum absolute atomic E-state index is 0.135. The molecule has 0 radical (unpaired) electrons. The molecule has 4 nitrogen and oxygen atoms in total. The summed E-state index contributed by atoms with van der Waals surface area (Å²) in [6.07, 6.45) is 2.12. The average Bonchev–Trinajstić information content (AvgIpc) is 2.52.